The van der Waals surface area contributed by atoms with E-state index in [4.69, 9.17) is 4.74 Å². The summed E-state index contributed by atoms with van der Waals surface area (Å²) in [5.41, 5.74) is 2.26. The van der Waals surface area contributed by atoms with Gasteiger partial charge in [-0.25, -0.2) is 4.39 Å². The number of benzene rings is 2. The largest absolute Gasteiger partial charge is 0.426 e. The number of allylic oxidation sites excluding steroid dienone is 1. The Labute approximate surface area is 172 Å². The van der Waals surface area contributed by atoms with Crippen molar-refractivity contribution in [3.63, 3.8) is 0 Å². The summed E-state index contributed by atoms with van der Waals surface area (Å²) in [4.78, 5) is 12.4. The van der Waals surface area contributed by atoms with E-state index in [1.807, 2.05) is 37.3 Å². The zero-order valence-corrected chi connectivity index (χ0v) is 16.9. The van der Waals surface area contributed by atoms with Crippen LogP contribution in [0.2, 0.25) is 0 Å². The lowest BCUT2D eigenvalue weighted by Crippen LogP contribution is -2.25. The number of ether oxygens (including phenoxy) is 1. The first-order valence-corrected chi connectivity index (χ1v) is 10.3. The summed E-state index contributed by atoms with van der Waals surface area (Å²) in [6, 6.07) is 12.2. The molecule has 0 atom stereocenters. The summed E-state index contributed by atoms with van der Waals surface area (Å²) in [5.74, 6) is 5.86. The third kappa shape index (κ3) is 6.06. The minimum Gasteiger partial charge on any atom is -0.426 e. The SMILES string of the molecule is C=CCCC1CCC(C(=O)Oc2ccc(C#Cc3ccc(C)cc3)c(F)c2)CC1. The first-order valence-electron chi connectivity index (χ1n) is 10.3. The van der Waals surface area contributed by atoms with Crippen LogP contribution in [-0.4, -0.2) is 5.97 Å². The summed E-state index contributed by atoms with van der Waals surface area (Å²) in [6.07, 6.45) is 7.86. The van der Waals surface area contributed by atoms with Crippen molar-refractivity contribution < 1.29 is 13.9 Å². The normalized spacial score (nSPS) is 18.4. The lowest BCUT2D eigenvalue weighted by molar-refractivity contribution is -0.140. The highest BCUT2D eigenvalue weighted by Crippen LogP contribution is 2.32. The molecule has 0 bridgehead atoms. The van der Waals surface area contributed by atoms with Crippen molar-refractivity contribution in [1.82, 2.24) is 0 Å². The molecule has 0 saturated heterocycles. The fraction of sp³-hybridized carbons (Fsp3) is 0.346. The second-order valence-electron chi connectivity index (χ2n) is 7.76. The molecule has 0 amide bonds. The van der Waals surface area contributed by atoms with Crippen molar-refractivity contribution in [2.75, 3.05) is 0 Å². The Hall–Kier alpha value is -2.86. The molecule has 29 heavy (non-hydrogen) atoms. The van der Waals surface area contributed by atoms with Gasteiger partial charge in [0, 0.05) is 11.6 Å². The Bertz CT molecular complexity index is 910. The maximum atomic E-state index is 14.4. The van der Waals surface area contributed by atoms with Crippen molar-refractivity contribution in [2.45, 2.75) is 45.4 Å². The second kappa shape index (κ2) is 10.1. The maximum Gasteiger partial charge on any atom is 0.314 e. The highest BCUT2D eigenvalue weighted by atomic mass is 19.1. The lowest BCUT2D eigenvalue weighted by atomic mass is 9.80. The fourth-order valence-electron chi connectivity index (χ4n) is 3.68. The van der Waals surface area contributed by atoms with Gasteiger partial charge in [0.25, 0.3) is 0 Å². The van der Waals surface area contributed by atoms with Gasteiger partial charge < -0.3 is 4.74 Å². The van der Waals surface area contributed by atoms with E-state index in [0.29, 0.717) is 5.92 Å². The number of hydrogen-bond donors (Lipinski definition) is 0. The number of halogens is 1. The molecule has 1 saturated carbocycles. The topological polar surface area (TPSA) is 26.3 Å². The van der Waals surface area contributed by atoms with E-state index in [-0.39, 0.29) is 23.2 Å². The van der Waals surface area contributed by atoms with Gasteiger partial charge in [-0.3, -0.25) is 4.79 Å². The molecule has 1 fully saturated rings. The molecule has 0 aliphatic heterocycles. The van der Waals surface area contributed by atoms with E-state index in [2.05, 4.69) is 18.4 Å². The molecule has 3 heteroatoms. The average Bonchev–Trinajstić information content (AvgIpc) is 2.73. The van der Waals surface area contributed by atoms with Crippen LogP contribution in [0, 0.1) is 36.4 Å². The van der Waals surface area contributed by atoms with E-state index < -0.39 is 5.82 Å². The van der Waals surface area contributed by atoms with E-state index in [9.17, 15) is 9.18 Å². The lowest BCUT2D eigenvalue weighted by Gasteiger charge is -2.26. The zero-order chi connectivity index (χ0) is 20.6. The first kappa shape index (κ1) is 20.9. The summed E-state index contributed by atoms with van der Waals surface area (Å²) < 4.78 is 19.8. The monoisotopic (exact) mass is 390 g/mol. The first-order chi connectivity index (χ1) is 14.0. The quantitative estimate of drug-likeness (QED) is 0.262. The number of carbonyl (C=O) groups is 1. The average molecular weight is 390 g/mol. The highest BCUT2D eigenvalue weighted by molar-refractivity contribution is 5.75. The Morgan fingerprint density at radius 2 is 1.86 bits per heavy atom. The van der Waals surface area contributed by atoms with Gasteiger partial charge in [-0.2, -0.15) is 0 Å². The van der Waals surface area contributed by atoms with Crippen molar-refractivity contribution in [2.24, 2.45) is 11.8 Å². The summed E-state index contributed by atoms with van der Waals surface area (Å²) in [7, 11) is 0. The van der Waals surface area contributed by atoms with Gasteiger partial charge in [-0.15, -0.1) is 6.58 Å². The molecule has 2 aromatic carbocycles. The van der Waals surface area contributed by atoms with Crippen LogP contribution in [0.5, 0.6) is 5.75 Å². The summed E-state index contributed by atoms with van der Waals surface area (Å²) >= 11 is 0. The molecule has 0 spiro atoms. The standard InChI is InChI=1S/C26H27FO2/c1-3-4-5-20-11-14-23(15-12-20)26(28)29-24-17-16-22(25(27)18-24)13-10-21-8-6-19(2)7-9-21/h3,6-9,16-18,20,23H,1,4-5,11-12,14-15H2,2H3. The molecule has 0 heterocycles. The Kier molecular flexibility index (Phi) is 7.25. The molecule has 150 valence electrons. The van der Waals surface area contributed by atoms with Gasteiger partial charge in [-0.1, -0.05) is 35.6 Å². The smallest absolute Gasteiger partial charge is 0.314 e. The Morgan fingerprint density at radius 3 is 2.52 bits per heavy atom. The van der Waals surface area contributed by atoms with Crippen LogP contribution in [0.1, 0.15) is 55.2 Å². The molecular weight excluding hydrogens is 363 g/mol. The van der Waals surface area contributed by atoms with E-state index in [1.165, 1.54) is 6.07 Å². The molecule has 0 unspecified atom stereocenters. The van der Waals surface area contributed by atoms with Crippen LogP contribution in [0.3, 0.4) is 0 Å². The van der Waals surface area contributed by atoms with Crippen LogP contribution in [-0.2, 0) is 4.79 Å². The molecular formula is C26H27FO2. The number of aryl methyl sites for hydroxylation is 1. The number of carbonyl (C=O) groups excluding carboxylic acids is 1. The van der Waals surface area contributed by atoms with E-state index in [0.717, 1.165) is 49.7 Å². The fourth-order valence-corrected chi connectivity index (χ4v) is 3.68. The van der Waals surface area contributed by atoms with Gasteiger partial charge in [0.15, 0.2) is 0 Å². The third-order valence-corrected chi connectivity index (χ3v) is 5.51. The molecule has 3 rings (SSSR count). The maximum absolute atomic E-state index is 14.4. The highest BCUT2D eigenvalue weighted by Gasteiger charge is 2.27. The molecule has 1 aliphatic rings. The van der Waals surface area contributed by atoms with Crippen molar-refractivity contribution in [3.8, 4) is 17.6 Å². The Morgan fingerprint density at radius 1 is 1.14 bits per heavy atom. The van der Waals surface area contributed by atoms with Gasteiger partial charge >= 0.3 is 5.97 Å². The van der Waals surface area contributed by atoms with Crippen molar-refractivity contribution in [3.05, 3.63) is 77.6 Å². The predicted octanol–water partition coefficient (Wildman–Crippen LogP) is 6.21. The van der Waals surface area contributed by atoms with Gasteiger partial charge in [0.1, 0.15) is 11.6 Å². The molecule has 1 aliphatic carbocycles. The van der Waals surface area contributed by atoms with E-state index >= 15 is 0 Å². The Balaban J connectivity index is 1.57. The zero-order valence-electron chi connectivity index (χ0n) is 16.9. The van der Waals surface area contributed by atoms with Gasteiger partial charge in [0.05, 0.1) is 11.5 Å². The molecule has 2 aromatic rings. The van der Waals surface area contributed by atoms with Gasteiger partial charge in [-0.05, 0) is 75.6 Å². The third-order valence-electron chi connectivity index (χ3n) is 5.51. The molecule has 2 nitrogen and oxygen atoms in total. The van der Waals surface area contributed by atoms with Crippen molar-refractivity contribution >= 4 is 5.97 Å². The number of hydrogen-bond acceptors (Lipinski definition) is 2. The van der Waals surface area contributed by atoms with Crippen LogP contribution in [0.15, 0.2) is 55.1 Å². The van der Waals surface area contributed by atoms with Gasteiger partial charge in [0.2, 0.25) is 0 Å². The minimum absolute atomic E-state index is 0.0981. The second-order valence-corrected chi connectivity index (χ2v) is 7.76. The minimum atomic E-state index is -0.483. The number of rotatable bonds is 5. The number of esters is 1. The van der Waals surface area contributed by atoms with Crippen LogP contribution in [0.4, 0.5) is 4.39 Å². The molecule has 0 N–H and O–H groups in total. The van der Waals surface area contributed by atoms with Crippen molar-refractivity contribution in [1.29, 1.82) is 0 Å². The van der Waals surface area contributed by atoms with Crippen LogP contribution < -0.4 is 4.74 Å². The van der Waals surface area contributed by atoms with Crippen LogP contribution in [0.25, 0.3) is 0 Å². The predicted molar refractivity (Wildman–Crippen MR) is 114 cm³/mol. The van der Waals surface area contributed by atoms with Crippen LogP contribution >= 0.6 is 0 Å². The molecule has 0 aromatic heterocycles. The summed E-state index contributed by atoms with van der Waals surface area (Å²) in [6.45, 7) is 5.77. The summed E-state index contributed by atoms with van der Waals surface area (Å²) in [5, 5.41) is 0. The molecule has 0 radical (unpaired) electrons. The van der Waals surface area contributed by atoms with E-state index in [1.54, 1.807) is 12.1 Å².